The summed E-state index contributed by atoms with van der Waals surface area (Å²) in [5, 5.41) is 1.48. The molecule has 6 nitrogen and oxygen atoms in total. The van der Waals surface area contributed by atoms with E-state index in [-0.39, 0.29) is 18.1 Å². The minimum Gasteiger partial charge on any atom is -0.487 e. The molecule has 0 saturated heterocycles. The topological polar surface area (TPSA) is 70.4 Å². The van der Waals surface area contributed by atoms with Crippen LogP contribution in [0.1, 0.15) is 37.5 Å². The SMILES string of the molecule is COc1nc(COc2cccc(-c3cccc4c3ccn4Cc3ccc(C=O)cc3)c2C)c(Cl)cc1C=O. The third kappa shape index (κ3) is 4.91. The van der Waals surface area contributed by atoms with Crippen molar-refractivity contribution in [1.29, 1.82) is 0 Å². The van der Waals surface area contributed by atoms with E-state index >= 15 is 0 Å². The number of methoxy groups -OCH3 is 1. The lowest BCUT2D eigenvalue weighted by Gasteiger charge is -2.15. The zero-order valence-electron chi connectivity index (χ0n) is 21.0. The van der Waals surface area contributed by atoms with E-state index in [1.807, 2.05) is 43.3 Å². The Balaban J connectivity index is 1.43. The number of ether oxygens (including phenoxy) is 2. The van der Waals surface area contributed by atoms with Crippen molar-refractivity contribution in [3.63, 3.8) is 0 Å². The molecule has 0 N–H and O–H groups in total. The first-order valence-corrected chi connectivity index (χ1v) is 12.4. The highest BCUT2D eigenvalue weighted by Gasteiger charge is 2.15. The van der Waals surface area contributed by atoms with E-state index in [4.69, 9.17) is 21.1 Å². The quantitative estimate of drug-likeness (QED) is 0.196. The number of carbonyl (C=O) groups is 2. The van der Waals surface area contributed by atoms with Gasteiger partial charge in [0.05, 0.1) is 17.7 Å². The van der Waals surface area contributed by atoms with Crippen LogP contribution in [-0.2, 0) is 13.2 Å². The van der Waals surface area contributed by atoms with Gasteiger partial charge in [0.1, 0.15) is 24.3 Å². The number of carbonyl (C=O) groups excluding carboxylic acids is 2. The van der Waals surface area contributed by atoms with Gasteiger partial charge in [-0.25, -0.2) is 4.98 Å². The van der Waals surface area contributed by atoms with Gasteiger partial charge in [-0.15, -0.1) is 0 Å². The molecule has 3 aromatic carbocycles. The number of benzene rings is 3. The summed E-state index contributed by atoms with van der Waals surface area (Å²) in [6.45, 7) is 2.86. The van der Waals surface area contributed by atoms with Crippen molar-refractivity contribution in [2.45, 2.75) is 20.1 Å². The van der Waals surface area contributed by atoms with Gasteiger partial charge in [0.25, 0.3) is 0 Å². The second-order valence-corrected chi connectivity index (χ2v) is 9.30. The first-order chi connectivity index (χ1) is 18.5. The first kappa shape index (κ1) is 25.2. The van der Waals surface area contributed by atoms with Crippen LogP contribution in [0.25, 0.3) is 22.0 Å². The normalized spacial score (nSPS) is 10.9. The Bertz CT molecular complexity index is 1640. The molecule has 5 rings (SSSR count). The summed E-state index contributed by atoms with van der Waals surface area (Å²) >= 11 is 6.34. The van der Waals surface area contributed by atoms with Crippen LogP contribution < -0.4 is 9.47 Å². The molecule has 2 aromatic heterocycles. The van der Waals surface area contributed by atoms with E-state index in [9.17, 15) is 9.59 Å². The third-order valence-corrected chi connectivity index (χ3v) is 6.91. The number of aromatic nitrogens is 2. The molecule has 0 spiro atoms. The molecule has 0 unspecified atom stereocenters. The van der Waals surface area contributed by atoms with E-state index in [2.05, 4.69) is 46.1 Å². The Morgan fingerprint density at radius 3 is 2.45 bits per heavy atom. The Hall–Kier alpha value is -4.42. The number of aldehydes is 2. The summed E-state index contributed by atoms with van der Waals surface area (Å²) in [4.78, 5) is 26.5. The van der Waals surface area contributed by atoms with Gasteiger partial charge in [-0.2, -0.15) is 0 Å². The van der Waals surface area contributed by atoms with E-state index in [1.165, 1.54) is 13.2 Å². The van der Waals surface area contributed by atoms with Crippen LogP contribution in [0.4, 0.5) is 0 Å². The Kier molecular flexibility index (Phi) is 7.24. The zero-order chi connectivity index (χ0) is 26.6. The number of rotatable bonds is 9. The van der Waals surface area contributed by atoms with Crippen molar-refractivity contribution in [3.05, 3.63) is 112 Å². The molecule has 5 aromatic rings. The summed E-state index contributed by atoms with van der Waals surface area (Å²) in [6.07, 6.45) is 3.60. The van der Waals surface area contributed by atoms with Gasteiger partial charge >= 0.3 is 0 Å². The average molecular weight is 525 g/mol. The highest BCUT2D eigenvalue weighted by Crippen LogP contribution is 2.36. The van der Waals surface area contributed by atoms with Crippen LogP contribution in [-0.4, -0.2) is 29.2 Å². The second-order valence-electron chi connectivity index (χ2n) is 8.89. The molecular formula is C31H25ClN2O4. The van der Waals surface area contributed by atoms with E-state index < -0.39 is 0 Å². The fourth-order valence-corrected chi connectivity index (χ4v) is 4.79. The summed E-state index contributed by atoms with van der Waals surface area (Å²) < 4.78 is 13.5. The molecule has 0 radical (unpaired) electrons. The predicted octanol–water partition coefficient (Wildman–Crippen LogP) is 6.93. The van der Waals surface area contributed by atoms with Crippen molar-refractivity contribution in [1.82, 2.24) is 9.55 Å². The molecule has 0 aliphatic heterocycles. The lowest BCUT2D eigenvalue weighted by atomic mass is 9.97. The number of halogens is 1. The van der Waals surface area contributed by atoms with Crippen molar-refractivity contribution in [2.75, 3.05) is 7.11 Å². The lowest BCUT2D eigenvalue weighted by molar-refractivity contribution is 0.111. The standard InChI is InChI=1S/C31H25ClN2O4/c1-20-24(5-4-8-30(20)38-19-28-27(32)15-23(18-36)31(33-28)37-2)25-6-3-7-29-26(25)13-14-34(29)16-21-9-11-22(17-35)12-10-21/h3-15,17-18H,16,19H2,1-2H3. The lowest BCUT2D eigenvalue weighted by Crippen LogP contribution is -2.04. The number of pyridine rings is 1. The second kappa shape index (κ2) is 10.9. The van der Waals surface area contributed by atoms with Crippen LogP contribution in [0, 0.1) is 6.92 Å². The Morgan fingerprint density at radius 2 is 1.71 bits per heavy atom. The van der Waals surface area contributed by atoms with Crippen LogP contribution in [0.15, 0.2) is 79.0 Å². The summed E-state index contributed by atoms with van der Waals surface area (Å²) in [5.41, 5.74) is 6.84. The molecular weight excluding hydrogens is 500 g/mol. The molecule has 2 heterocycles. The predicted molar refractivity (Wildman–Crippen MR) is 149 cm³/mol. The molecule has 0 atom stereocenters. The zero-order valence-corrected chi connectivity index (χ0v) is 21.7. The number of hydrogen-bond acceptors (Lipinski definition) is 5. The van der Waals surface area contributed by atoms with Crippen LogP contribution in [0.2, 0.25) is 5.02 Å². The minimum atomic E-state index is 0.127. The molecule has 190 valence electrons. The van der Waals surface area contributed by atoms with E-state index in [0.717, 1.165) is 39.4 Å². The molecule has 0 amide bonds. The van der Waals surface area contributed by atoms with Gasteiger partial charge < -0.3 is 14.0 Å². The van der Waals surface area contributed by atoms with Gasteiger partial charge in [0.2, 0.25) is 5.88 Å². The van der Waals surface area contributed by atoms with Gasteiger partial charge in [-0.1, -0.05) is 60.1 Å². The monoisotopic (exact) mass is 524 g/mol. The Morgan fingerprint density at radius 1 is 0.947 bits per heavy atom. The molecule has 0 aliphatic carbocycles. The fourth-order valence-electron chi connectivity index (χ4n) is 4.57. The summed E-state index contributed by atoms with van der Waals surface area (Å²) in [7, 11) is 1.46. The first-order valence-electron chi connectivity index (χ1n) is 12.1. The van der Waals surface area contributed by atoms with Crippen molar-refractivity contribution in [2.24, 2.45) is 0 Å². The largest absolute Gasteiger partial charge is 0.487 e. The highest BCUT2D eigenvalue weighted by molar-refractivity contribution is 6.31. The Labute approximate surface area is 225 Å². The minimum absolute atomic E-state index is 0.127. The maximum Gasteiger partial charge on any atom is 0.224 e. The summed E-state index contributed by atoms with van der Waals surface area (Å²) in [5.74, 6) is 0.926. The van der Waals surface area contributed by atoms with Gasteiger partial charge in [0.15, 0.2) is 6.29 Å². The molecule has 0 bridgehead atoms. The van der Waals surface area contributed by atoms with Crippen molar-refractivity contribution < 1.29 is 19.1 Å². The molecule has 0 aliphatic rings. The number of nitrogens with zero attached hydrogens (tertiary/aromatic N) is 2. The number of hydrogen-bond donors (Lipinski definition) is 0. The fraction of sp³-hybridized carbons (Fsp3) is 0.129. The van der Waals surface area contributed by atoms with Crippen molar-refractivity contribution >= 4 is 35.1 Å². The summed E-state index contributed by atoms with van der Waals surface area (Å²) in [6, 6.07) is 23.5. The van der Waals surface area contributed by atoms with Gasteiger partial charge in [0, 0.05) is 29.2 Å². The number of fused-ring (bicyclic) bond motifs is 1. The van der Waals surface area contributed by atoms with Crippen molar-refractivity contribution in [3.8, 4) is 22.8 Å². The van der Waals surface area contributed by atoms with Crippen LogP contribution in [0.5, 0.6) is 11.6 Å². The van der Waals surface area contributed by atoms with E-state index in [0.29, 0.717) is 34.9 Å². The third-order valence-electron chi connectivity index (χ3n) is 6.58. The van der Waals surface area contributed by atoms with Gasteiger partial charge in [-0.05, 0) is 53.4 Å². The van der Waals surface area contributed by atoms with Crippen LogP contribution >= 0.6 is 11.6 Å². The maximum atomic E-state index is 11.2. The van der Waals surface area contributed by atoms with Gasteiger partial charge in [-0.3, -0.25) is 9.59 Å². The molecule has 0 saturated carbocycles. The van der Waals surface area contributed by atoms with E-state index in [1.54, 1.807) is 0 Å². The molecule has 38 heavy (non-hydrogen) atoms. The molecule has 0 fully saturated rings. The average Bonchev–Trinajstić information content (AvgIpc) is 3.36. The molecule has 7 heteroatoms. The highest BCUT2D eigenvalue weighted by atomic mass is 35.5. The van der Waals surface area contributed by atoms with Crippen LogP contribution in [0.3, 0.4) is 0 Å². The maximum absolute atomic E-state index is 11.2. The smallest absolute Gasteiger partial charge is 0.224 e.